The topological polar surface area (TPSA) is 75.4 Å². The molecule has 1 aliphatic rings. The van der Waals surface area contributed by atoms with E-state index in [4.69, 9.17) is 5.73 Å². The van der Waals surface area contributed by atoms with Gasteiger partial charge in [-0.25, -0.2) is 4.79 Å². The lowest BCUT2D eigenvalue weighted by molar-refractivity contribution is -0.119. The van der Waals surface area contributed by atoms with E-state index in [0.29, 0.717) is 17.8 Å². The number of piperidine rings is 1. The SMILES string of the molecule is CC(CCC(C)(C)C)NC(=O)N1CCC(CC(N)=O)CC1. The molecule has 1 fully saturated rings. The van der Waals surface area contributed by atoms with E-state index in [-0.39, 0.29) is 18.0 Å². The number of nitrogens with two attached hydrogens (primary N) is 1. The monoisotopic (exact) mass is 297 g/mol. The summed E-state index contributed by atoms with van der Waals surface area (Å²) in [5.74, 6) is 0.0959. The molecule has 0 aliphatic carbocycles. The molecule has 21 heavy (non-hydrogen) atoms. The van der Waals surface area contributed by atoms with Gasteiger partial charge in [-0.3, -0.25) is 4.79 Å². The van der Waals surface area contributed by atoms with Gasteiger partial charge in [0.15, 0.2) is 0 Å². The Morgan fingerprint density at radius 3 is 2.33 bits per heavy atom. The summed E-state index contributed by atoms with van der Waals surface area (Å²) in [6.07, 6.45) is 4.26. The Morgan fingerprint density at radius 1 is 1.29 bits per heavy atom. The Morgan fingerprint density at radius 2 is 1.86 bits per heavy atom. The Labute approximate surface area is 128 Å². The molecule has 0 aromatic rings. The molecule has 0 radical (unpaired) electrons. The molecule has 3 N–H and O–H groups in total. The van der Waals surface area contributed by atoms with E-state index in [9.17, 15) is 9.59 Å². The van der Waals surface area contributed by atoms with Crippen molar-refractivity contribution in [1.29, 1.82) is 0 Å². The number of nitrogens with zero attached hydrogens (tertiary/aromatic N) is 1. The zero-order valence-corrected chi connectivity index (χ0v) is 13.9. The second-order valence-corrected chi connectivity index (χ2v) is 7.55. The van der Waals surface area contributed by atoms with E-state index in [1.807, 2.05) is 4.90 Å². The minimum Gasteiger partial charge on any atom is -0.370 e. The number of hydrogen-bond acceptors (Lipinski definition) is 2. The molecule has 0 bridgehead atoms. The number of carbonyl (C=O) groups is 2. The Kier molecular flexibility index (Phi) is 6.49. The van der Waals surface area contributed by atoms with Gasteiger partial charge in [0.25, 0.3) is 0 Å². The smallest absolute Gasteiger partial charge is 0.317 e. The fourth-order valence-electron chi connectivity index (χ4n) is 2.65. The van der Waals surface area contributed by atoms with Crippen LogP contribution in [0.1, 0.15) is 59.8 Å². The van der Waals surface area contributed by atoms with Crippen molar-refractivity contribution in [3.8, 4) is 0 Å². The summed E-state index contributed by atoms with van der Waals surface area (Å²) in [5, 5.41) is 3.07. The quantitative estimate of drug-likeness (QED) is 0.818. The minimum atomic E-state index is -0.242. The molecule has 122 valence electrons. The summed E-state index contributed by atoms with van der Waals surface area (Å²) in [5.41, 5.74) is 5.52. The van der Waals surface area contributed by atoms with Gasteiger partial charge < -0.3 is 16.0 Å². The van der Waals surface area contributed by atoms with E-state index in [1.54, 1.807) is 0 Å². The highest BCUT2D eigenvalue weighted by molar-refractivity contribution is 5.75. The standard InChI is InChI=1S/C16H31N3O2/c1-12(5-8-16(2,3)4)18-15(21)19-9-6-13(7-10-19)11-14(17)20/h12-13H,5-11H2,1-4H3,(H2,17,20)(H,18,21). The van der Waals surface area contributed by atoms with Crippen molar-refractivity contribution in [2.24, 2.45) is 17.1 Å². The van der Waals surface area contributed by atoms with Crippen LogP contribution in [0.5, 0.6) is 0 Å². The van der Waals surface area contributed by atoms with Crippen molar-refractivity contribution < 1.29 is 9.59 Å². The summed E-state index contributed by atoms with van der Waals surface area (Å²) >= 11 is 0. The van der Waals surface area contributed by atoms with Crippen LogP contribution < -0.4 is 11.1 Å². The maximum atomic E-state index is 12.2. The van der Waals surface area contributed by atoms with Gasteiger partial charge in [0.1, 0.15) is 0 Å². The van der Waals surface area contributed by atoms with Crippen LogP contribution in [0.15, 0.2) is 0 Å². The van der Waals surface area contributed by atoms with Crippen LogP contribution in [0.25, 0.3) is 0 Å². The maximum Gasteiger partial charge on any atom is 0.317 e. The normalized spacial score (nSPS) is 18.4. The molecule has 3 amide bonds. The largest absolute Gasteiger partial charge is 0.370 e. The average molecular weight is 297 g/mol. The average Bonchev–Trinajstić information content (AvgIpc) is 2.35. The molecule has 0 spiro atoms. The van der Waals surface area contributed by atoms with Crippen molar-refractivity contribution in [2.45, 2.75) is 65.8 Å². The third-order valence-corrected chi connectivity index (χ3v) is 4.09. The van der Waals surface area contributed by atoms with Gasteiger partial charge in [0.2, 0.25) is 5.91 Å². The molecule has 1 unspecified atom stereocenters. The molecule has 0 aromatic carbocycles. The zero-order chi connectivity index (χ0) is 16.0. The zero-order valence-electron chi connectivity index (χ0n) is 13.9. The number of amides is 3. The molecule has 0 saturated carbocycles. The van der Waals surface area contributed by atoms with Gasteiger partial charge in [-0.1, -0.05) is 20.8 Å². The molecule has 1 rings (SSSR count). The van der Waals surface area contributed by atoms with Gasteiger partial charge in [0.05, 0.1) is 0 Å². The third kappa shape index (κ3) is 7.34. The Balaban J connectivity index is 2.29. The van der Waals surface area contributed by atoms with E-state index in [0.717, 1.165) is 38.8 Å². The molecular formula is C16H31N3O2. The third-order valence-electron chi connectivity index (χ3n) is 4.09. The fraction of sp³-hybridized carbons (Fsp3) is 0.875. The van der Waals surface area contributed by atoms with Gasteiger partial charge in [-0.05, 0) is 43.9 Å². The lowest BCUT2D eigenvalue weighted by Gasteiger charge is -2.32. The first-order chi connectivity index (χ1) is 9.67. The van der Waals surface area contributed by atoms with Crippen molar-refractivity contribution in [3.63, 3.8) is 0 Å². The van der Waals surface area contributed by atoms with E-state index in [1.165, 1.54) is 0 Å². The van der Waals surface area contributed by atoms with Gasteiger partial charge in [-0.15, -0.1) is 0 Å². The van der Waals surface area contributed by atoms with Crippen molar-refractivity contribution in [1.82, 2.24) is 10.2 Å². The van der Waals surface area contributed by atoms with Crippen molar-refractivity contribution >= 4 is 11.9 Å². The highest BCUT2D eigenvalue weighted by Gasteiger charge is 2.24. The van der Waals surface area contributed by atoms with Gasteiger partial charge in [0, 0.05) is 25.6 Å². The first-order valence-corrected chi connectivity index (χ1v) is 8.01. The first kappa shape index (κ1) is 17.8. The van der Waals surface area contributed by atoms with Gasteiger partial charge in [-0.2, -0.15) is 0 Å². The predicted molar refractivity (Wildman–Crippen MR) is 84.8 cm³/mol. The van der Waals surface area contributed by atoms with Crippen molar-refractivity contribution in [3.05, 3.63) is 0 Å². The van der Waals surface area contributed by atoms with E-state index >= 15 is 0 Å². The molecule has 0 aromatic heterocycles. The predicted octanol–water partition coefficient (Wildman–Crippen LogP) is 2.50. The summed E-state index contributed by atoms with van der Waals surface area (Å²) < 4.78 is 0. The Bertz CT molecular complexity index is 355. The van der Waals surface area contributed by atoms with Crippen LogP contribution in [0, 0.1) is 11.3 Å². The lowest BCUT2D eigenvalue weighted by Crippen LogP contribution is -2.47. The molecule has 1 saturated heterocycles. The number of primary amides is 1. The summed E-state index contributed by atoms with van der Waals surface area (Å²) in [4.78, 5) is 24.9. The number of hydrogen-bond donors (Lipinski definition) is 2. The number of likely N-dealkylation sites (tertiary alicyclic amines) is 1. The Hall–Kier alpha value is -1.26. The van der Waals surface area contributed by atoms with Crippen LogP contribution in [0.2, 0.25) is 0 Å². The number of urea groups is 1. The number of carbonyl (C=O) groups excluding carboxylic acids is 2. The van der Waals surface area contributed by atoms with E-state index in [2.05, 4.69) is 33.0 Å². The van der Waals surface area contributed by atoms with Crippen LogP contribution in [-0.2, 0) is 4.79 Å². The molecule has 1 atom stereocenters. The highest BCUT2D eigenvalue weighted by atomic mass is 16.2. The minimum absolute atomic E-state index is 0.0222. The summed E-state index contributed by atoms with van der Waals surface area (Å²) in [6.45, 7) is 10.1. The maximum absolute atomic E-state index is 12.2. The van der Waals surface area contributed by atoms with E-state index < -0.39 is 0 Å². The second kappa shape index (κ2) is 7.66. The lowest BCUT2D eigenvalue weighted by atomic mass is 9.89. The number of nitrogens with one attached hydrogen (secondary N) is 1. The molecular weight excluding hydrogens is 266 g/mol. The van der Waals surface area contributed by atoms with Crippen LogP contribution in [0.3, 0.4) is 0 Å². The molecule has 1 heterocycles. The fourth-order valence-corrected chi connectivity index (χ4v) is 2.65. The van der Waals surface area contributed by atoms with Gasteiger partial charge >= 0.3 is 6.03 Å². The molecule has 5 heteroatoms. The number of rotatable bonds is 5. The van der Waals surface area contributed by atoms with Crippen LogP contribution >= 0.6 is 0 Å². The van der Waals surface area contributed by atoms with Crippen LogP contribution in [-0.4, -0.2) is 36.0 Å². The highest BCUT2D eigenvalue weighted by Crippen LogP contribution is 2.22. The second-order valence-electron chi connectivity index (χ2n) is 7.55. The molecule has 1 aliphatic heterocycles. The van der Waals surface area contributed by atoms with Crippen molar-refractivity contribution in [2.75, 3.05) is 13.1 Å². The first-order valence-electron chi connectivity index (χ1n) is 8.01. The summed E-state index contributed by atoms with van der Waals surface area (Å²) in [7, 11) is 0. The molecule has 5 nitrogen and oxygen atoms in total. The summed E-state index contributed by atoms with van der Waals surface area (Å²) in [6, 6.07) is 0.217. The van der Waals surface area contributed by atoms with Crippen LogP contribution in [0.4, 0.5) is 4.79 Å².